The maximum atomic E-state index is 6.09. The molecule has 0 heterocycles. The standard InChI is InChI=1S/C18H19Cl2N/c1-3-14(4-2)15-7-5-13(6-8-15)12-21-18-11-16(19)9-10-17(18)20/h5-12,14H,3-4H2,1-2H3. The van der Waals surface area contributed by atoms with Crippen LogP contribution >= 0.6 is 23.2 Å². The van der Waals surface area contributed by atoms with Crippen LogP contribution in [0, 0.1) is 0 Å². The summed E-state index contributed by atoms with van der Waals surface area (Å²) in [6.07, 6.45) is 4.15. The van der Waals surface area contributed by atoms with Gasteiger partial charge in [-0.15, -0.1) is 0 Å². The number of rotatable bonds is 5. The fraction of sp³-hybridized carbons (Fsp3) is 0.278. The van der Waals surface area contributed by atoms with Crippen LogP contribution in [0.3, 0.4) is 0 Å². The van der Waals surface area contributed by atoms with Crippen molar-refractivity contribution < 1.29 is 0 Å². The number of hydrogen-bond donors (Lipinski definition) is 0. The highest BCUT2D eigenvalue weighted by molar-refractivity contribution is 6.35. The first kappa shape index (κ1) is 16.1. The lowest BCUT2D eigenvalue weighted by molar-refractivity contribution is 0.642. The number of halogens is 2. The van der Waals surface area contributed by atoms with Gasteiger partial charge < -0.3 is 0 Å². The Hall–Kier alpha value is -1.31. The molecule has 3 heteroatoms. The molecule has 0 bridgehead atoms. The molecule has 2 rings (SSSR count). The molecule has 21 heavy (non-hydrogen) atoms. The highest BCUT2D eigenvalue weighted by atomic mass is 35.5. The van der Waals surface area contributed by atoms with Gasteiger partial charge in [-0.05, 0) is 48.1 Å². The molecule has 0 saturated heterocycles. The Balaban J connectivity index is 2.16. The summed E-state index contributed by atoms with van der Waals surface area (Å²) in [6, 6.07) is 13.8. The predicted molar refractivity (Wildman–Crippen MR) is 93.5 cm³/mol. The third-order valence-corrected chi connectivity index (χ3v) is 4.21. The second-order valence-corrected chi connectivity index (χ2v) is 5.88. The summed E-state index contributed by atoms with van der Waals surface area (Å²) in [7, 11) is 0. The average molecular weight is 320 g/mol. The molecule has 2 aromatic rings. The van der Waals surface area contributed by atoms with Crippen molar-refractivity contribution in [1.82, 2.24) is 0 Å². The van der Waals surface area contributed by atoms with Crippen molar-refractivity contribution in [1.29, 1.82) is 0 Å². The Labute approximate surface area is 136 Å². The van der Waals surface area contributed by atoms with Gasteiger partial charge in [0.2, 0.25) is 0 Å². The zero-order valence-corrected chi connectivity index (χ0v) is 13.8. The van der Waals surface area contributed by atoms with Crippen LogP contribution in [0.15, 0.2) is 47.5 Å². The van der Waals surface area contributed by atoms with Crippen LogP contribution in [0.4, 0.5) is 5.69 Å². The van der Waals surface area contributed by atoms with Crippen molar-refractivity contribution in [2.45, 2.75) is 32.6 Å². The lowest BCUT2D eigenvalue weighted by atomic mass is 9.93. The smallest absolute Gasteiger partial charge is 0.0830 e. The second-order valence-electron chi connectivity index (χ2n) is 5.03. The monoisotopic (exact) mass is 319 g/mol. The highest BCUT2D eigenvalue weighted by Gasteiger charge is 2.05. The molecular weight excluding hydrogens is 301 g/mol. The minimum Gasteiger partial charge on any atom is -0.255 e. The Morgan fingerprint density at radius 2 is 1.67 bits per heavy atom. The molecule has 0 aliphatic rings. The Kier molecular flexibility index (Phi) is 5.84. The molecule has 110 valence electrons. The molecule has 2 aromatic carbocycles. The fourth-order valence-corrected chi connectivity index (χ4v) is 2.68. The minimum absolute atomic E-state index is 0.601. The molecular formula is C18H19Cl2N. The second kappa shape index (κ2) is 7.63. The van der Waals surface area contributed by atoms with Crippen LogP contribution in [0.25, 0.3) is 0 Å². The van der Waals surface area contributed by atoms with Gasteiger partial charge in [-0.1, -0.05) is 61.3 Å². The molecule has 0 amide bonds. The molecule has 0 N–H and O–H groups in total. The number of benzene rings is 2. The highest BCUT2D eigenvalue weighted by Crippen LogP contribution is 2.28. The fourth-order valence-electron chi connectivity index (χ4n) is 2.34. The van der Waals surface area contributed by atoms with Crippen LogP contribution in [-0.4, -0.2) is 6.21 Å². The molecule has 1 nitrogen and oxygen atoms in total. The topological polar surface area (TPSA) is 12.4 Å². The van der Waals surface area contributed by atoms with Gasteiger partial charge in [0.05, 0.1) is 10.7 Å². The molecule has 0 aliphatic carbocycles. The van der Waals surface area contributed by atoms with Gasteiger partial charge in [0, 0.05) is 11.2 Å². The van der Waals surface area contributed by atoms with Crippen LogP contribution in [-0.2, 0) is 0 Å². The normalized spacial score (nSPS) is 11.5. The Morgan fingerprint density at radius 1 is 1.00 bits per heavy atom. The minimum atomic E-state index is 0.601. The van der Waals surface area contributed by atoms with E-state index in [2.05, 4.69) is 43.1 Å². The molecule has 0 atom stereocenters. The van der Waals surface area contributed by atoms with Gasteiger partial charge in [0.1, 0.15) is 0 Å². The quantitative estimate of drug-likeness (QED) is 0.547. The van der Waals surface area contributed by atoms with Crippen molar-refractivity contribution >= 4 is 35.1 Å². The summed E-state index contributed by atoms with van der Waals surface area (Å²) >= 11 is 12.0. The predicted octanol–water partition coefficient (Wildman–Crippen LogP) is 6.65. The lowest BCUT2D eigenvalue weighted by Gasteiger charge is -2.12. The number of nitrogens with zero attached hydrogens (tertiary/aromatic N) is 1. The first-order chi connectivity index (χ1) is 10.1. The van der Waals surface area contributed by atoms with E-state index in [1.165, 1.54) is 18.4 Å². The summed E-state index contributed by atoms with van der Waals surface area (Å²) in [6.45, 7) is 4.45. The van der Waals surface area contributed by atoms with Gasteiger partial charge in [0.25, 0.3) is 0 Å². The third-order valence-electron chi connectivity index (χ3n) is 3.65. The van der Waals surface area contributed by atoms with Gasteiger partial charge in [0.15, 0.2) is 0 Å². The van der Waals surface area contributed by atoms with E-state index in [0.29, 0.717) is 21.7 Å². The summed E-state index contributed by atoms with van der Waals surface area (Å²) in [4.78, 5) is 4.41. The van der Waals surface area contributed by atoms with E-state index in [9.17, 15) is 0 Å². The average Bonchev–Trinajstić information content (AvgIpc) is 2.51. The zero-order chi connectivity index (χ0) is 15.2. The first-order valence-electron chi connectivity index (χ1n) is 7.23. The molecule has 0 aliphatic heterocycles. The van der Waals surface area contributed by atoms with Gasteiger partial charge in [-0.3, -0.25) is 4.99 Å². The molecule has 0 radical (unpaired) electrons. The van der Waals surface area contributed by atoms with Gasteiger partial charge in [-0.2, -0.15) is 0 Å². The lowest BCUT2D eigenvalue weighted by Crippen LogP contribution is -1.95. The van der Waals surface area contributed by atoms with Crippen LogP contribution in [0.1, 0.15) is 43.7 Å². The molecule has 0 fully saturated rings. The first-order valence-corrected chi connectivity index (χ1v) is 7.98. The zero-order valence-electron chi connectivity index (χ0n) is 12.3. The maximum absolute atomic E-state index is 6.09. The molecule has 0 unspecified atom stereocenters. The molecule has 0 spiro atoms. The van der Waals surface area contributed by atoms with E-state index in [1.54, 1.807) is 18.2 Å². The van der Waals surface area contributed by atoms with E-state index in [4.69, 9.17) is 23.2 Å². The third kappa shape index (κ3) is 4.33. The molecule has 0 saturated carbocycles. The van der Waals surface area contributed by atoms with Crippen molar-refractivity contribution in [2.24, 2.45) is 4.99 Å². The van der Waals surface area contributed by atoms with E-state index >= 15 is 0 Å². The van der Waals surface area contributed by atoms with Crippen molar-refractivity contribution in [3.05, 3.63) is 63.6 Å². The Morgan fingerprint density at radius 3 is 2.29 bits per heavy atom. The van der Waals surface area contributed by atoms with E-state index in [1.807, 2.05) is 6.21 Å². The van der Waals surface area contributed by atoms with Crippen LogP contribution in [0.5, 0.6) is 0 Å². The SMILES string of the molecule is CCC(CC)c1ccc(C=Nc2cc(Cl)ccc2Cl)cc1. The summed E-state index contributed by atoms with van der Waals surface area (Å²) in [5, 5.41) is 1.24. The molecule has 0 aromatic heterocycles. The van der Waals surface area contributed by atoms with Crippen molar-refractivity contribution in [3.63, 3.8) is 0 Å². The summed E-state index contributed by atoms with van der Waals surface area (Å²) in [5.41, 5.74) is 3.13. The van der Waals surface area contributed by atoms with Crippen LogP contribution < -0.4 is 0 Å². The van der Waals surface area contributed by atoms with Crippen molar-refractivity contribution in [2.75, 3.05) is 0 Å². The largest absolute Gasteiger partial charge is 0.255 e. The van der Waals surface area contributed by atoms with Crippen molar-refractivity contribution in [3.8, 4) is 0 Å². The van der Waals surface area contributed by atoms with Gasteiger partial charge >= 0.3 is 0 Å². The van der Waals surface area contributed by atoms with E-state index in [0.717, 1.165) is 5.56 Å². The number of aliphatic imine (C=N–C) groups is 1. The van der Waals surface area contributed by atoms with E-state index in [-0.39, 0.29) is 0 Å². The maximum Gasteiger partial charge on any atom is 0.0830 e. The van der Waals surface area contributed by atoms with Crippen LogP contribution in [0.2, 0.25) is 10.0 Å². The number of hydrogen-bond acceptors (Lipinski definition) is 1. The summed E-state index contributed by atoms with van der Waals surface area (Å²) < 4.78 is 0. The van der Waals surface area contributed by atoms with Gasteiger partial charge in [-0.25, -0.2) is 0 Å². The Bertz CT molecular complexity index is 614. The summed E-state index contributed by atoms with van der Waals surface area (Å²) in [5.74, 6) is 0.637. The van der Waals surface area contributed by atoms with E-state index < -0.39 is 0 Å².